The van der Waals surface area contributed by atoms with Gasteiger partial charge in [-0.1, -0.05) is 45.9 Å². The van der Waals surface area contributed by atoms with Gasteiger partial charge in [0, 0.05) is 46.1 Å². The van der Waals surface area contributed by atoms with Crippen LogP contribution in [0, 0.1) is 20.9 Å². The number of benzene rings is 3. The molecule has 0 saturated carbocycles. The molecule has 1 spiro atoms. The summed E-state index contributed by atoms with van der Waals surface area (Å²) in [6.07, 6.45) is 0.0241. The Bertz CT molecular complexity index is 1700. The molecular formula is C32H31NO9. The van der Waals surface area contributed by atoms with Gasteiger partial charge in [0.15, 0.2) is 17.2 Å². The summed E-state index contributed by atoms with van der Waals surface area (Å²) in [5.41, 5.74) is -4.44. The molecule has 0 amide bonds. The molecule has 0 aliphatic carbocycles. The summed E-state index contributed by atoms with van der Waals surface area (Å²) in [5.74, 6) is -2.80. The van der Waals surface area contributed by atoms with Crippen molar-refractivity contribution in [2.45, 2.75) is 59.6 Å². The molecule has 0 radical (unpaired) electrons. The first kappa shape index (κ1) is 28.8. The Hall–Kier alpha value is -4.73. The third-order valence-corrected chi connectivity index (χ3v) is 8.59. The SMILES string of the molecule is CCC(C)(C(=O)c1c(C(=O)C(C)(C)C)c(O)cc2c1C1(OC(=O)c3ccccc31)c1ccc(O)cc1O2)C(C)[N+](=O)[O-]. The van der Waals surface area contributed by atoms with Crippen molar-refractivity contribution < 1.29 is 39.0 Å². The number of fused-ring (bicyclic) bond motifs is 6. The second-order valence-electron chi connectivity index (χ2n) is 12.1. The van der Waals surface area contributed by atoms with E-state index in [1.807, 2.05) is 0 Å². The molecule has 2 N–H and O–H groups in total. The molecule has 2 aliphatic heterocycles. The number of Topliss-reactive ketones (excluding diaryl/α,β-unsaturated/α-hetero) is 2. The highest BCUT2D eigenvalue weighted by Gasteiger charge is 2.58. The number of hydrogen-bond acceptors (Lipinski definition) is 9. The number of carbonyl (C=O) groups excluding carboxylic acids is 3. The quantitative estimate of drug-likeness (QED) is 0.153. The maximum absolute atomic E-state index is 14.8. The van der Waals surface area contributed by atoms with Crippen LogP contribution in [0.5, 0.6) is 23.0 Å². The van der Waals surface area contributed by atoms with Gasteiger partial charge in [-0.2, -0.15) is 0 Å². The van der Waals surface area contributed by atoms with E-state index in [1.54, 1.807) is 52.0 Å². The summed E-state index contributed by atoms with van der Waals surface area (Å²) in [4.78, 5) is 53.7. The van der Waals surface area contributed by atoms with Gasteiger partial charge >= 0.3 is 5.97 Å². The molecule has 2 aliphatic rings. The Morgan fingerprint density at radius 3 is 2.26 bits per heavy atom. The lowest BCUT2D eigenvalue weighted by Crippen LogP contribution is -2.45. The van der Waals surface area contributed by atoms with Gasteiger partial charge in [-0.05, 0) is 31.5 Å². The Morgan fingerprint density at radius 2 is 1.64 bits per heavy atom. The van der Waals surface area contributed by atoms with E-state index in [9.17, 15) is 34.7 Å². The van der Waals surface area contributed by atoms with Gasteiger partial charge < -0.3 is 19.7 Å². The summed E-state index contributed by atoms with van der Waals surface area (Å²) in [6, 6.07) is 10.5. The fraction of sp³-hybridized carbons (Fsp3) is 0.344. The number of esters is 1. The molecule has 10 heteroatoms. The molecule has 218 valence electrons. The van der Waals surface area contributed by atoms with Gasteiger partial charge in [-0.15, -0.1) is 0 Å². The second kappa shape index (κ2) is 9.40. The Kier molecular flexibility index (Phi) is 6.44. The number of rotatable bonds is 6. The van der Waals surface area contributed by atoms with Gasteiger partial charge in [-0.25, -0.2) is 4.79 Å². The van der Waals surface area contributed by atoms with Crippen LogP contribution in [0.25, 0.3) is 0 Å². The van der Waals surface area contributed by atoms with E-state index >= 15 is 0 Å². The first-order valence-electron chi connectivity index (χ1n) is 13.6. The first-order valence-corrected chi connectivity index (χ1v) is 13.6. The van der Waals surface area contributed by atoms with E-state index in [2.05, 4.69) is 0 Å². The normalized spacial score (nSPS) is 19.0. The zero-order valence-electron chi connectivity index (χ0n) is 24.1. The van der Waals surface area contributed by atoms with Gasteiger partial charge in [0.05, 0.1) is 22.1 Å². The third kappa shape index (κ3) is 3.88. The maximum Gasteiger partial charge on any atom is 0.340 e. The van der Waals surface area contributed by atoms with Gasteiger partial charge in [0.1, 0.15) is 23.0 Å². The van der Waals surface area contributed by atoms with Crippen LogP contribution >= 0.6 is 0 Å². The lowest BCUT2D eigenvalue weighted by Gasteiger charge is -2.40. The summed E-state index contributed by atoms with van der Waals surface area (Å²) in [6.45, 7) is 9.26. The van der Waals surface area contributed by atoms with E-state index in [0.29, 0.717) is 5.56 Å². The van der Waals surface area contributed by atoms with Crippen molar-refractivity contribution in [3.8, 4) is 23.0 Å². The minimum absolute atomic E-state index is 0.0235. The molecule has 42 heavy (non-hydrogen) atoms. The number of phenols is 2. The lowest BCUT2D eigenvalue weighted by molar-refractivity contribution is -0.532. The van der Waals surface area contributed by atoms with E-state index in [4.69, 9.17) is 9.47 Å². The molecule has 0 saturated heterocycles. The topological polar surface area (TPSA) is 153 Å². The highest BCUT2D eigenvalue weighted by atomic mass is 16.6. The fourth-order valence-electron chi connectivity index (χ4n) is 5.81. The molecule has 3 aromatic carbocycles. The largest absolute Gasteiger partial charge is 0.508 e. The predicted octanol–water partition coefficient (Wildman–Crippen LogP) is 6.16. The molecule has 2 heterocycles. The van der Waals surface area contributed by atoms with Crippen LogP contribution in [-0.2, 0) is 10.3 Å². The first-order chi connectivity index (χ1) is 19.6. The standard InChI is InChI=1S/C32H31NO9/c1-7-31(6,16(2)33(39)40)28(37)25-24(27(36)30(3,4)5)21(35)15-23-26(25)32(20-13-12-17(34)14-22(20)41-23)19-11-9-8-10-18(19)29(38)42-32/h8-16,34-35H,7H2,1-6H3. The molecule has 3 unspecified atom stereocenters. The summed E-state index contributed by atoms with van der Waals surface area (Å²) in [7, 11) is 0. The average molecular weight is 574 g/mol. The van der Waals surface area contributed by atoms with Crippen molar-refractivity contribution in [3.05, 3.63) is 92.0 Å². The van der Waals surface area contributed by atoms with Crippen molar-refractivity contribution in [2.24, 2.45) is 10.8 Å². The molecule has 10 nitrogen and oxygen atoms in total. The zero-order valence-corrected chi connectivity index (χ0v) is 24.1. The van der Waals surface area contributed by atoms with Crippen LogP contribution in [0.2, 0.25) is 0 Å². The van der Waals surface area contributed by atoms with Crippen molar-refractivity contribution in [2.75, 3.05) is 0 Å². The lowest BCUT2D eigenvalue weighted by atomic mass is 9.67. The number of nitro groups is 1. The van der Waals surface area contributed by atoms with E-state index in [1.165, 1.54) is 38.1 Å². The van der Waals surface area contributed by atoms with Crippen LogP contribution < -0.4 is 4.74 Å². The predicted molar refractivity (Wildman–Crippen MR) is 151 cm³/mol. The molecule has 5 rings (SSSR count). The number of ether oxygens (including phenoxy) is 2. The van der Waals surface area contributed by atoms with Gasteiger partial charge in [0.2, 0.25) is 6.04 Å². The molecule has 0 aromatic heterocycles. The van der Waals surface area contributed by atoms with Crippen LogP contribution in [0.15, 0.2) is 48.5 Å². The molecule has 3 atom stereocenters. The minimum atomic E-state index is -1.84. The summed E-state index contributed by atoms with van der Waals surface area (Å²) < 4.78 is 12.3. The van der Waals surface area contributed by atoms with E-state index in [0.717, 1.165) is 0 Å². The Balaban J connectivity index is 2.00. The number of nitrogens with zero attached hydrogens (tertiary/aromatic N) is 1. The number of hydrogen-bond donors (Lipinski definition) is 2. The van der Waals surface area contributed by atoms with Gasteiger partial charge in [-0.3, -0.25) is 19.7 Å². The molecule has 0 bridgehead atoms. The summed E-state index contributed by atoms with van der Waals surface area (Å²) >= 11 is 0. The Morgan fingerprint density at radius 1 is 0.976 bits per heavy atom. The van der Waals surface area contributed by atoms with Gasteiger partial charge in [0.25, 0.3) is 0 Å². The number of aromatic hydroxyl groups is 2. The van der Waals surface area contributed by atoms with Crippen molar-refractivity contribution in [1.82, 2.24) is 0 Å². The Labute approximate surface area is 242 Å². The zero-order chi connectivity index (χ0) is 30.9. The highest BCUT2D eigenvalue weighted by molar-refractivity contribution is 6.16. The third-order valence-electron chi connectivity index (χ3n) is 8.59. The van der Waals surface area contributed by atoms with Crippen molar-refractivity contribution in [3.63, 3.8) is 0 Å². The van der Waals surface area contributed by atoms with Crippen LogP contribution in [-0.4, -0.2) is 38.7 Å². The van der Waals surface area contributed by atoms with Crippen LogP contribution in [0.3, 0.4) is 0 Å². The van der Waals surface area contributed by atoms with Crippen LogP contribution in [0.4, 0.5) is 0 Å². The van der Waals surface area contributed by atoms with E-state index < -0.39 is 50.7 Å². The number of ketones is 2. The summed E-state index contributed by atoms with van der Waals surface area (Å²) in [5, 5.41) is 33.7. The number of carbonyl (C=O) groups is 3. The van der Waals surface area contributed by atoms with Crippen molar-refractivity contribution in [1.29, 1.82) is 0 Å². The highest BCUT2D eigenvalue weighted by Crippen LogP contribution is 2.59. The monoisotopic (exact) mass is 573 g/mol. The molecule has 3 aromatic rings. The second-order valence-corrected chi connectivity index (χ2v) is 12.1. The fourth-order valence-corrected chi connectivity index (χ4v) is 5.81. The van der Waals surface area contributed by atoms with E-state index in [-0.39, 0.29) is 51.5 Å². The van der Waals surface area contributed by atoms with Crippen molar-refractivity contribution >= 4 is 17.5 Å². The maximum atomic E-state index is 14.8. The average Bonchev–Trinajstić information content (AvgIpc) is 3.22. The molecule has 0 fully saturated rings. The smallest absolute Gasteiger partial charge is 0.340 e. The minimum Gasteiger partial charge on any atom is -0.508 e. The van der Waals surface area contributed by atoms with Crippen LogP contribution in [0.1, 0.15) is 95.7 Å². The number of phenolic OH excluding ortho intramolecular Hbond substituents is 2. The molecular weight excluding hydrogens is 542 g/mol.